The van der Waals surface area contributed by atoms with Gasteiger partial charge in [0, 0.05) is 18.3 Å². The molecule has 1 saturated heterocycles. The van der Waals surface area contributed by atoms with E-state index in [0.717, 1.165) is 29.2 Å². The minimum absolute atomic E-state index is 0.825. The molecule has 1 heterocycles. The van der Waals surface area contributed by atoms with E-state index in [1.54, 1.807) is 38.5 Å². The lowest BCUT2D eigenvalue weighted by Crippen LogP contribution is -2.90. The van der Waals surface area contributed by atoms with Crippen molar-refractivity contribution in [1.29, 1.82) is 0 Å². The Bertz CT molecular complexity index is 229. The summed E-state index contributed by atoms with van der Waals surface area (Å²) in [7, 11) is 0. The fourth-order valence-electron chi connectivity index (χ4n) is 5.96. The van der Waals surface area contributed by atoms with Crippen LogP contribution in [0, 0.1) is 23.2 Å². The summed E-state index contributed by atoms with van der Waals surface area (Å²) in [5, 5.41) is 2.70. The van der Waals surface area contributed by atoms with E-state index in [-0.39, 0.29) is 0 Å². The zero-order valence-corrected chi connectivity index (χ0v) is 9.75. The fourth-order valence-corrected chi connectivity index (χ4v) is 5.96. The summed E-state index contributed by atoms with van der Waals surface area (Å²) in [5.74, 6) is 3.43. The molecule has 0 spiro atoms. The quantitative estimate of drug-likeness (QED) is 0.675. The molecule has 5 aliphatic rings. The Balaban J connectivity index is 1.65. The highest BCUT2D eigenvalue weighted by Gasteiger charge is 2.56. The van der Waals surface area contributed by atoms with Crippen molar-refractivity contribution in [1.82, 2.24) is 0 Å². The minimum Gasteiger partial charge on any atom is -0.343 e. The Kier molecular flexibility index (Phi) is 1.81. The molecule has 1 atom stereocenters. The first-order chi connectivity index (χ1) is 7.34. The second-order valence-electron chi connectivity index (χ2n) is 7.05. The van der Waals surface area contributed by atoms with E-state index < -0.39 is 0 Å². The Morgan fingerprint density at radius 1 is 0.867 bits per heavy atom. The van der Waals surface area contributed by atoms with Crippen LogP contribution in [-0.2, 0) is 0 Å². The molecule has 15 heavy (non-hydrogen) atoms. The standard InChI is InChI=1S/C14H23N/c1-2-13(15-3-1)14-7-10-4-11(8-14)6-12(5-10)9-14/h10-13,15H,1-9H2/p+1/t10?,11?,12?,13-,14?/m0/s1. The molecule has 0 aromatic heterocycles. The summed E-state index contributed by atoms with van der Waals surface area (Å²) in [4.78, 5) is 0. The molecule has 0 radical (unpaired) electrons. The van der Waals surface area contributed by atoms with Gasteiger partial charge in [-0.05, 0) is 56.3 Å². The number of hydrogen-bond acceptors (Lipinski definition) is 0. The molecular formula is C14H24N+. The highest BCUT2D eigenvalue weighted by atomic mass is 15.0. The van der Waals surface area contributed by atoms with Crippen LogP contribution >= 0.6 is 0 Å². The third kappa shape index (κ3) is 1.25. The van der Waals surface area contributed by atoms with Gasteiger partial charge < -0.3 is 5.32 Å². The third-order valence-electron chi connectivity index (χ3n) is 6.04. The summed E-state index contributed by atoms with van der Waals surface area (Å²) in [6.45, 7) is 1.42. The number of rotatable bonds is 1. The average molecular weight is 206 g/mol. The largest absolute Gasteiger partial charge is 0.343 e. The Labute approximate surface area is 93.0 Å². The van der Waals surface area contributed by atoms with Crippen molar-refractivity contribution in [3.05, 3.63) is 0 Å². The fraction of sp³-hybridized carbons (Fsp3) is 1.00. The van der Waals surface area contributed by atoms with Gasteiger partial charge in [0.05, 0.1) is 12.6 Å². The van der Waals surface area contributed by atoms with E-state index in [9.17, 15) is 0 Å². The first-order valence-corrected chi connectivity index (χ1v) is 7.17. The van der Waals surface area contributed by atoms with Crippen LogP contribution in [0.1, 0.15) is 51.4 Å². The maximum Gasteiger partial charge on any atom is 0.0918 e. The molecule has 5 fully saturated rings. The van der Waals surface area contributed by atoms with Gasteiger partial charge >= 0.3 is 0 Å². The topological polar surface area (TPSA) is 16.6 Å². The number of quaternary nitrogens is 1. The maximum absolute atomic E-state index is 2.70. The molecule has 1 heteroatoms. The van der Waals surface area contributed by atoms with Crippen molar-refractivity contribution >= 4 is 0 Å². The van der Waals surface area contributed by atoms with Crippen molar-refractivity contribution in [2.75, 3.05) is 6.54 Å². The van der Waals surface area contributed by atoms with Gasteiger partial charge in [0.2, 0.25) is 0 Å². The summed E-state index contributed by atoms with van der Waals surface area (Å²) >= 11 is 0. The molecule has 4 aliphatic carbocycles. The van der Waals surface area contributed by atoms with Gasteiger partial charge in [-0.3, -0.25) is 0 Å². The lowest BCUT2D eigenvalue weighted by molar-refractivity contribution is -0.686. The molecule has 1 nitrogen and oxygen atoms in total. The smallest absolute Gasteiger partial charge is 0.0918 e. The second kappa shape index (κ2) is 3.00. The number of nitrogens with two attached hydrogens (primary N) is 1. The molecule has 4 saturated carbocycles. The van der Waals surface area contributed by atoms with Crippen molar-refractivity contribution in [2.45, 2.75) is 57.4 Å². The van der Waals surface area contributed by atoms with Gasteiger partial charge in [0.25, 0.3) is 0 Å². The van der Waals surface area contributed by atoms with E-state index in [4.69, 9.17) is 0 Å². The number of hydrogen-bond donors (Lipinski definition) is 1. The minimum atomic E-state index is 0.825. The molecule has 1 aliphatic heterocycles. The summed E-state index contributed by atoms with van der Waals surface area (Å²) in [5.41, 5.74) is 0.825. The lowest BCUT2D eigenvalue weighted by atomic mass is 9.47. The van der Waals surface area contributed by atoms with E-state index >= 15 is 0 Å². The van der Waals surface area contributed by atoms with Gasteiger partial charge in [-0.1, -0.05) is 0 Å². The predicted octanol–water partition coefficient (Wildman–Crippen LogP) is 1.93. The molecule has 0 aromatic rings. The molecule has 0 aromatic carbocycles. The first kappa shape index (κ1) is 9.04. The molecule has 0 amide bonds. The van der Waals surface area contributed by atoms with E-state index in [1.165, 1.54) is 19.4 Å². The van der Waals surface area contributed by atoms with Crippen molar-refractivity contribution in [3.63, 3.8) is 0 Å². The van der Waals surface area contributed by atoms with Crippen LogP contribution in [0.15, 0.2) is 0 Å². The normalized spacial score (nSPS) is 57.6. The van der Waals surface area contributed by atoms with Crippen molar-refractivity contribution in [2.24, 2.45) is 23.2 Å². The first-order valence-electron chi connectivity index (χ1n) is 7.17. The van der Waals surface area contributed by atoms with Gasteiger partial charge in [-0.25, -0.2) is 0 Å². The van der Waals surface area contributed by atoms with E-state index in [0.29, 0.717) is 0 Å². The summed E-state index contributed by atoms with van der Waals surface area (Å²) < 4.78 is 0. The Hall–Kier alpha value is -0.0400. The Morgan fingerprint density at radius 2 is 1.47 bits per heavy atom. The van der Waals surface area contributed by atoms with Crippen LogP contribution in [-0.4, -0.2) is 12.6 Å². The van der Waals surface area contributed by atoms with Gasteiger partial charge in [-0.2, -0.15) is 0 Å². The van der Waals surface area contributed by atoms with Gasteiger partial charge in [0.15, 0.2) is 0 Å². The molecule has 84 valence electrons. The zero-order chi connectivity index (χ0) is 9.88. The van der Waals surface area contributed by atoms with E-state index in [1.807, 2.05) is 0 Å². The highest BCUT2D eigenvalue weighted by Crippen LogP contribution is 2.61. The maximum atomic E-state index is 2.70. The van der Waals surface area contributed by atoms with Crippen LogP contribution < -0.4 is 5.32 Å². The van der Waals surface area contributed by atoms with Crippen LogP contribution in [0.2, 0.25) is 0 Å². The van der Waals surface area contributed by atoms with Crippen LogP contribution in [0.25, 0.3) is 0 Å². The SMILES string of the molecule is C1C[NH2+][C@H](C23CC4CC(CC(C4)C2)C3)C1. The van der Waals surface area contributed by atoms with Crippen LogP contribution in [0.5, 0.6) is 0 Å². The molecule has 4 bridgehead atoms. The summed E-state index contributed by atoms with van der Waals surface area (Å²) in [6, 6.07) is 1.03. The zero-order valence-electron chi connectivity index (χ0n) is 9.75. The van der Waals surface area contributed by atoms with Crippen LogP contribution in [0.4, 0.5) is 0 Å². The second-order valence-corrected chi connectivity index (χ2v) is 7.05. The Morgan fingerprint density at radius 3 is 1.93 bits per heavy atom. The third-order valence-corrected chi connectivity index (χ3v) is 6.04. The molecular weight excluding hydrogens is 182 g/mol. The lowest BCUT2D eigenvalue weighted by Gasteiger charge is -2.57. The monoisotopic (exact) mass is 206 g/mol. The molecule has 2 N–H and O–H groups in total. The molecule has 5 rings (SSSR count). The highest BCUT2D eigenvalue weighted by molar-refractivity contribution is 5.04. The average Bonchev–Trinajstić information content (AvgIpc) is 2.67. The van der Waals surface area contributed by atoms with E-state index in [2.05, 4.69) is 5.32 Å². The van der Waals surface area contributed by atoms with Gasteiger partial charge in [0.1, 0.15) is 0 Å². The van der Waals surface area contributed by atoms with Crippen molar-refractivity contribution in [3.8, 4) is 0 Å². The predicted molar refractivity (Wildman–Crippen MR) is 60.4 cm³/mol. The molecule has 0 unspecified atom stereocenters. The van der Waals surface area contributed by atoms with Gasteiger partial charge in [-0.15, -0.1) is 0 Å². The summed E-state index contributed by atoms with van der Waals surface area (Å²) in [6.07, 6.45) is 12.7. The van der Waals surface area contributed by atoms with Crippen LogP contribution in [0.3, 0.4) is 0 Å². The van der Waals surface area contributed by atoms with Crippen molar-refractivity contribution < 1.29 is 5.32 Å².